The topological polar surface area (TPSA) is 18.5 Å². The zero-order valence-electron chi connectivity index (χ0n) is 20.0. The summed E-state index contributed by atoms with van der Waals surface area (Å²) in [6.45, 7) is 4.24. The van der Waals surface area contributed by atoms with Crippen LogP contribution in [0.25, 0.3) is 12.2 Å². The number of fused-ring (bicyclic) bond motifs is 2. The van der Waals surface area contributed by atoms with Gasteiger partial charge in [0.15, 0.2) is 0 Å². The van der Waals surface area contributed by atoms with E-state index in [1.807, 2.05) is 0 Å². The molecule has 0 amide bonds. The van der Waals surface area contributed by atoms with Gasteiger partial charge in [0.25, 0.3) is 0 Å². The Hall–Kier alpha value is -3.16. The fourth-order valence-electron chi connectivity index (χ4n) is 5.35. The van der Waals surface area contributed by atoms with Gasteiger partial charge < -0.3 is 0 Å². The SMILES string of the molecule is Cc1ccccc1[O][Zr]([O]c1ccccc1C)([CH]1C=Cc2ccccc21)[CH]1C=Cc2ccccc21. The zero-order valence-corrected chi connectivity index (χ0v) is 22.5. The number of hydrogen-bond acceptors (Lipinski definition) is 2. The van der Waals surface area contributed by atoms with Gasteiger partial charge in [-0.15, -0.1) is 0 Å². The Labute approximate surface area is 213 Å². The molecular formula is C32H28O2Zr. The van der Waals surface area contributed by atoms with Crippen LogP contribution in [0.3, 0.4) is 0 Å². The predicted molar refractivity (Wildman–Crippen MR) is 140 cm³/mol. The Balaban J connectivity index is 1.60. The van der Waals surface area contributed by atoms with Gasteiger partial charge in [-0.2, -0.15) is 0 Å². The minimum atomic E-state index is -4.23. The number of aryl methyl sites for hydroxylation is 2. The van der Waals surface area contributed by atoms with Gasteiger partial charge in [0.1, 0.15) is 0 Å². The fraction of sp³-hybridized carbons (Fsp3) is 0.125. The van der Waals surface area contributed by atoms with Gasteiger partial charge >= 0.3 is 214 Å². The van der Waals surface area contributed by atoms with Gasteiger partial charge in [-0.3, -0.25) is 0 Å². The van der Waals surface area contributed by atoms with Crippen molar-refractivity contribution in [3.8, 4) is 11.5 Å². The first kappa shape index (κ1) is 22.3. The summed E-state index contributed by atoms with van der Waals surface area (Å²) in [5, 5.41) is 0. The number of para-hydroxylation sites is 2. The molecule has 6 rings (SSSR count). The predicted octanol–water partition coefficient (Wildman–Crippen LogP) is 8.28. The van der Waals surface area contributed by atoms with E-state index in [0.717, 1.165) is 22.6 Å². The summed E-state index contributed by atoms with van der Waals surface area (Å²) in [4.78, 5) is 0. The van der Waals surface area contributed by atoms with Gasteiger partial charge in [-0.25, -0.2) is 0 Å². The first-order chi connectivity index (χ1) is 17.2. The van der Waals surface area contributed by atoms with Crippen LogP contribution in [0.4, 0.5) is 0 Å². The summed E-state index contributed by atoms with van der Waals surface area (Å²) in [7, 11) is 0. The van der Waals surface area contributed by atoms with Crippen molar-refractivity contribution in [2.75, 3.05) is 0 Å². The first-order valence-corrected chi connectivity index (χ1v) is 17.0. The molecule has 35 heavy (non-hydrogen) atoms. The van der Waals surface area contributed by atoms with E-state index in [4.69, 9.17) is 5.63 Å². The third kappa shape index (κ3) is 3.93. The number of allylic oxidation sites excluding steroid dienone is 2. The van der Waals surface area contributed by atoms with Crippen LogP contribution in [0, 0.1) is 13.8 Å². The van der Waals surface area contributed by atoms with Crippen molar-refractivity contribution in [3.63, 3.8) is 0 Å². The van der Waals surface area contributed by atoms with Gasteiger partial charge in [0, 0.05) is 0 Å². The second kappa shape index (κ2) is 9.13. The van der Waals surface area contributed by atoms with Crippen LogP contribution < -0.4 is 5.63 Å². The molecule has 3 heteroatoms. The van der Waals surface area contributed by atoms with E-state index >= 15 is 0 Å². The van der Waals surface area contributed by atoms with E-state index in [1.165, 1.54) is 22.3 Å². The molecule has 0 saturated heterocycles. The summed E-state index contributed by atoms with van der Waals surface area (Å²) in [6.07, 6.45) is 9.18. The number of rotatable bonds is 6. The molecule has 0 N–H and O–H groups in total. The van der Waals surface area contributed by atoms with E-state index in [0.29, 0.717) is 0 Å². The Morgan fingerprint density at radius 2 is 0.914 bits per heavy atom. The monoisotopic (exact) mass is 534 g/mol. The van der Waals surface area contributed by atoms with Crippen molar-refractivity contribution in [2.24, 2.45) is 0 Å². The molecule has 0 fully saturated rings. The van der Waals surface area contributed by atoms with Crippen molar-refractivity contribution in [1.29, 1.82) is 0 Å². The van der Waals surface area contributed by atoms with Crippen molar-refractivity contribution in [2.45, 2.75) is 21.1 Å². The van der Waals surface area contributed by atoms with Gasteiger partial charge in [-0.1, -0.05) is 0 Å². The number of hydrogen-bond donors (Lipinski definition) is 0. The first-order valence-electron chi connectivity index (χ1n) is 12.2. The summed E-state index contributed by atoms with van der Waals surface area (Å²) in [5.74, 6) is 1.85. The van der Waals surface area contributed by atoms with Crippen molar-refractivity contribution >= 4 is 12.2 Å². The van der Waals surface area contributed by atoms with E-state index in [9.17, 15) is 0 Å². The minimum absolute atomic E-state index is 0.0977. The summed E-state index contributed by atoms with van der Waals surface area (Å²) in [5.41, 5.74) is 7.40. The van der Waals surface area contributed by atoms with E-state index in [-0.39, 0.29) is 7.25 Å². The fourth-order valence-corrected chi connectivity index (χ4v) is 15.7. The molecule has 0 saturated carbocycles. The Kier molecular flexibility index (Phi) is 5.82. The third-order valence-electron chi connectivity index (χ3n) is 7.19. The van der Waals surface area contributed by atoms with E-state index in [2.05, 4.69) is 135 Å². The molecule has 0 aromatic heterocycles. The Morgan fingerprint density at radius 1 is 0.514 bits per heavy atom. The maximum absolute atomic E-state index is 7.36. The van der Waals surface area contributed by atoms with Crippen LogP contribution in [0.5, 0.6) is 11.5 Å². The van der Waals surface area contributed by atoms with Gasteiger partial charge in [0.2, 0.25) is 0 Å². The molecule has 2 aliphatic carbocycles. The Bertz CT molecular complexity index is 1340. The molecule has 0 aliphatic heterocycles. The van der Waals surface area contributed by atoms with Crippen LogP contribution in [-0.4, -0.2) is 0 Å². The molecule has 172 valence electrons. The zero-order chi connectivity index (χ0) is 23.8. The van der Waals surface area contributed by atoms with Crippen LogP contribution in [-0.2, 0) is 21.1 Å². The van der Waals surface area contributed by atoms with Crippen LogP contribution in [0.1, 0.15) is 40.6 Å². The molecule has 0 heterocycles. The molecule has 0 radical (unpaired) electrons. The van der Waals surface area contributed by atoms with Crippen molar-refractivity contribution in [1.82, 2.24) is 0 Å². The second-order valence-corrected chi connectivity index (χ2v) is 17.0. The molecule has 2 atom stereocenters. The molecule has 2 unspecified atom stereocenters. The second-order valence-electron chi connectivity index (χ2n) is 9.39. The van der Waals surface area contributed by atoms with Crippen LogP contribution in [0.2, 0.25) is 0 Å². The van der Waals surface area contributed by atoms with Gasteiger partial charge in [0.05, 0.1) is 0 Å². The third-order valence-corrected chi connectivity index (χ3v) is 16.6. The average molecular weight is 536 g/mol. The molecule has 4 aromatic carbocycles. The molecular weight excluding hydrogens is 508 g/mol. The molecule has 2 nitrogen and oxygen atoms in total. The quantitative estimate of drug-likeness (QED) is 0.247. The summed E-state index contributed by atoms with van der Waals surface area (Å²) >= 11 is -4.23. The van der Waals surface area contributed by atoms with Gasteiger partial charge in [-0.05, 0) is 0 Å². The summed E-state index contributed by atoms with van der Waals surface area (Å²) in [6, 6.07) is 34.1. The molecule has 0 bridgehead atoms. The molecule has 2 aliphatic rings. The average Bonchev–Trinajstić information content (AvgIpc) is 3.52. The summed E-state index contributed by atoms with van der Waals surface area (Å²) < 4.78 is 14.9. The van der Waals surface area contributed by atoms with E-state index < -0.39 is 21.1 Å². The standard InChI is InChI=1S/2C9H7.2C7H8O.Zr/c2*1-2-5-9-7-3-6-8(9)4-1;2*1-6-4-2-3-5-7(6)8;/h2*1-7H;2*2-5,8H,1H3;/q;;;;+2/p-2. The Morgan fingerprint density at radius 3 is 1.37 bits per heavy atom. The molecule has 0 spiro atoms. The normalized spacial score (nSPS) is 17.8. The van der Waals surface area contributed by atoms with Crippen LogP contribution in [0.15, 0.2) is 109 Å². The maximum atomic E-state index is 7.36. The van der Waals surface area contributed by atoms with Crippen LogP contribution >= 0.6 is 0 Å². The van der Waals surface area contributed by atoms with E-state index in [1.54, 1.807) is 0 Å². The molecule has 4 aromatic rings. The van der Waals surface area contributed by atoms with Crippen molar-refractivity contribution in [3.05, 3.63) is 143 Å². The van der Waals surface area contributed by atoms with Crippen molar-refractivity contribution < 1.29 is 26.8 Å². The number of benzene rings is 4.